The number of nitrogens with one attached hydrogen (secondary N) is 1. The number of carbonyl (C=O) groups excluding carboxylic acids is 1. The predicted molar refractivity (Wildman–Crippen MR) is 64.3 cm³/mol. The van der Waals surface area contributed by atoms with Crippen molar-refractivity contribution in [3.63, 3.8) is 0 Å². The van der Waals surface area contributed by atoms with Gasteiger partial charge in [0.25, 0.3) is 5.91 Å². The van der Waals surface area contributed by atoms with Crippen molar-refractivity contribution in [2.24, 2.45) is 5.92 Å². The molecule has 2 N–H and O–H groups in total. The van der Waals surface area contributed by atoms with Gasteiger partial charge in [-0.1, -0.05) is 0 Å². The molecule has 0 spiro atoms. The van der Waals surface area contributed by atoms with E-state index in [4.69, 9.17) is 10.4 Å². The molecule has 0 aromatic carbocycles. The van der Waals surface area contributed by atoms with Gasteiger partial charge in [0.2, 0.25) is 0 Å². The Labute approximate surface area is 106 Å². The molecule has 6 nitrogen and oxygen atoms in total. The summed E-state index contributed by atoms with van der Waals surface area (Å²) in [5, 5.41) is 20.6. The lowest BCUT2D eigenvalue weighted by Gasteiger charge is -2.29. The fourth-order valence-electron chi connectivity index (χ4n) is 1.85. The van der Waals surface area contributed by atoms with E-state index in [1.807, 2.05) is 13.0 Å². The van der Waals surface area contributed by atoms with Crippen LogP contribution >= 0.6 is 0 Å². The van der Waals surface area contributed by atoms with Crippen LogP contribution in [0.5, 0.6) is 0 Å². The Hall–Kier alpha value is -2.03. The SMILES string of the molecule is CCN/C=C(/C#N)C(=O)N1CCC(C(=O)O)CC1. The molecule has 0 aliphatic carbocycles. The second-order valence-corrected chi connectivity index (χ2v) is 4.13. The summed E-state index contributed by atoms with van der Waals surface area (Å²) in [7, 11) is 0. The fourth-order valence-corrected chi connectivity index (χ4v) is 1.85. The van der Waals surface area contributed by atoms with Crippen molar-refractivity contribution in [3.8, 4) is 6.07 Å². The van der Waals surface area contributed by atoms with Crippen LogP contribution in [0.15, 0.2) is 11.8 Å². The maximum atomic E-state index is 12.0. The first-order valence-corrected chi connectivity index (χ1v) is 5.95. The van der Waals surface area contributed by atoms with Gasteiger partial charge >= 0.3 is 5.97 Å². The van der Waals surface area contributed by atoms with Crippen molar-refractivity contribution >= 4 is 11.9 Å². The zero-order valence-electron chi connectivity index (χ0n) is 10.3. The number of aliphatic carboxylic acids is 1. The summed E-state index contributed by atoms with van der Waals surface area (Å²) in [5.41, 5.74) is 0.0608. The van der Waals surface area contributed by atoms with E-state index in [1.54, 1.807) is 0 Å². The molecule has 1 saturated heterocycles. The van der Waals surface area contributed by atoms with E-state index in [2.05, 4.69) is 5.32 Å². The molecule has 1 fully saturated rings. The van der Waals surface area contributed by atoms with Gasteiger partial charge in [0.15, 0.2) is 0 Å². The molecule has 0 aromatic rings. The highest BCUT2D eigenvalue weighted by molar-refractivity contribution is 5.97. The molecule has 1 heterocycles. The quantitative estimate of drug-likeness (QED) is 0.554. The number of hydrogen-bond acceptors (Lipinski definition) is 4. The molecule has 98 valence electrons. The molecular formula is C12H17N3O3. The maximum Gasteiger partial charge on any atom is 0.306 e. The molecule has 1 aliphatic heterocycles. The normalized spacial score (nSPS) is 17.1. The first-order valence-electron chi connectivity index (χ1n) is 5.95. The van der Waals surface area contributed by atoms with Gasteiger partial charge < -0.3 is 15.3 Å². The number of carboxylic acids is 1. The van der Waals surface area contributed by atoms with Crippen molar-refractivity contribution in [2.75, 3.05) is 19.6 Å². The number of rotatable bonds is 4. The molecule has 0 unspecified atom stereocenters. The first kappa shape index (κ1) is 14.0. The van der Waals surface area contributed by atoms with E-state index in [0.717, 1.165) is 0 Å². The van der Waals surface area contributed by atoms with Crippen LogP contribution in [-0.4, -0.2) is 41.5 Å². The monoisotopic (exact) mass is 251 g/mol. The third-order valence-corrected chi connectivity index (χ3v) is 2.93. The standard InChI is InChI=1S/C12H17N3O3/c1-2-14-8-10(7-13)11(16)15-5-3-9(4-6-15)12(17)18/h8-9,14H,2-6H2,1H3,(H,17,18)/b10-8-. The third-order valence-electron chi connectivity index (χ3n) is 2.93. The zero-order chi connectivity index (χ0) is 13.5. The summed E-state index contributed by atoms with van der Waals surface area (Å²) < 4.78 is 0. The Morgan fingerprint density at radius 3 is 2.56 bits per heavy atom. The summed E-state index contributed by atoms with van der Waals surface area (Å²) in [5.74, 6) is -1.52. The molecule has 1 amide bonds. The number of piperidine rings is 1. The minimum atomic E-state index is -0.814. The van der Waals surface area contributed by atoms with Crippen LogP contribution in [0.25, 0.3) is 0 Å². The Kier molecular flexibility index (Phi) is 5.18. The van der Waals surface area contributed by atoms with Crippen molar-refractivity contribution in [1.82, 2.24) is 10.2 Å². The largest absolute Gasteiger partial charge is 0.481 e. The predicted octanol–water partition coefficient (Wildman–Crippen LogP) is 0.327. The number of carbonyl (C=O) groups is 2. The summed E-state index contributed by atoms with van der Waals surface area (Å²) in [6.07, 6.45) is 2.30. The van der Waals surface area contributed by atoms with Crippen LogP contribution < -0.4 is 5.32 Å². The van der Waals surface area contributed by atoms with Crippen molar-refractivity contribution in [3.05, 3.63) is 11.8 Å². The van der Waals surface area contributed by atoms with Crippen LogP contribution in [0, 0.1) is 17.2 Å². The van der Waals surface area contributed by atoms with Gasteiger partial charge in [0.1, 0.15) is 11.6 Å². The average molecular weight is 251 g/mol. The van der Waals surface area contributed by atoms with Gasteiger partial charge in [-0.2, -0.15) is 5.26 Å². The maximum absolute atomic E-state index is 12.0. The van der Waals surface area contributed by atoms with E-state index in [0.29, 0.717) is 32.5 Å². The lowest BCUT2D eigenvalue weighted by atomic mass is 9.97. The average Bonchev–Trinajstić information content (AvgIpc) is 2.39. The van der Waals surface area contributed by atoms with Crippen molar-refractivity contribution in [2.45, 2.75) is 19.8 Å². The molecule has 0 bridgehead atoms. The fraction of sp³-hybridized carbons (Fsp3) is 0.583. The summed E-state index contributed by atoms with van der Waals surface area (Å²) in [6, 6.07) is 1.86. The van der Waals surface area contributed by atoms with E-state index < -0.39 is 5.97 Å². The molecule has 18 heavy (non-hydrogen) atoms. The molecule has 0 radical (unpaired) electrons. The molecule has 1 rings (SSSR count). The van der Waals surface area contributed by atoms with Gasteiger partial charge in [0, 0.05) is 25.8 Å². The van der Waals surface area contributed by atoms with Crippen molar-refractivity contribution < 1.29 is 14.7 Å². The summed E-state index contributed by atoms with van der Waals surface area (Å²) in [6.45, 7) is 3.29. The topological polar surface area (TPSA) is 93.4 Å². The number of amides is 1. The molecule has 0 aromatic heterocycles. The van der Waals surface area contributed by atoms with Crippen molar-refractivity contribution in [1.29, 1.82) is 5.26 Å². The second kappa shape index (κ2) is 6.64. The highest BCUT2D eigenvalue weighted by atomic mass is 16.4. The third kappa shape index (κ3) is 3.48. The van der Waals surface area contributed by atoms with Crippen LogP contribution in [0.4, 0.5) is 0 Å². The van der Waals surface area contributed by atoms with Gasteiger partial charge in [0.05, 0.1) is 5.92 Å². The lowest BCUT2D eigenvalue weighted by molar-refractivity contribution is -0.145. The number of nitrogens with zero attached hydrogens (tertiary/aromatic N) is 2. The lowest BCUT2D eigenvalue weighted by Crippen LogP contribution is -2.41. The molecule has 6 heteroatoms. The van der Waals surface area contributed by atoms with Crippen LogP contribution in [0.1, 0.15) is 19.8 Å². The van der Waals surface area contributed by atoms with E-state index >= 15 is 0 Å². The molecular weight excluding hydrogens is 234 g/mol. The van der Waals surface area contributed by atoms with Gasteiger partial charge in [-0.15, -0.1) is 0 Å². The summed E-state index contributed by atoms with van der Waals surface area (Å²) in [4.78, 5) is 24.3. The number of likely N-dealkylation sites (tertiary alicyclic amines) is 1. The molecule has 1 aliphatic rings. The molecule has 0 atom stereocenters. The zero-order valence-corrected chi connectivity index (χ0v) is 10.3. The van der Waals surface area contributed by atoms with Crippen LogP contribution in [-0.2, 0) is 9.59 Å². The highest BCUT2D eigenvalue weighted by Gasteiger charge is 2.28. The minimum Gasteiger partial charge on any atom is -0.481 e. The Morgan fingerprint density at radius 1 is 1.50 bits per heavy atom. The smallest absolute Gasteiger partial charge is 0.306 e. The van der Waals surface area contributed by atoms with Gasteiger partial charge in [-0.25, -0.2) is 0 Å². The Morgan fingerprint density at radius 2 is 2.11 bits per heavy atom. The first-order chi connectivity index (χ1) is 8.60. The Bertz CT molecular complexity index is 390. The van der Waals surface area contributed by atoms with E-state index in [9.17, 15) is 9.59 Å². The highest BCUT2D eigenvalue weighted by Crippen LogP contribution is 2.18. The van der Waals surface area contributed by atoms with Crippen LogP contribution in [0.3, 0.4) is 0 Å². The number of hydrogen-bond donors (Lipinski definition) is 2. The summed E-state index contributed by atoms with van der Waals surface area (Å²) >= 11 is 0. The van der Waals surface area contributed by atoms with E-state index in [-0.39, 0.29) is 17.4 Å². The number of carboxylic acid groups (broad SMARTS) is 1. The molecule has 0 saturated carbocycles. The van der Waals surface area contributed by atoms with E-state index in [1.165, 1.54) is 11.1 Å². The minimum absolute atomic E-state index is 0.0608. The van der Waals surface area contributed by atoms with Gasteiger partial charge in [-0.3, -0.25) is 9.59 Å². The Balaban J connectivity index is 2.59. The van der Waals surface area contributed by atoms with Gasteiger partial charge in [-0.05, 0) is 19.8 Å². The van der Waals surface area contributed by atoms with Crippen LogP contribution in [0.2, 0.25) is 0 Å². The second-order valence-electron chi connectivity index (χ2n) is 4.13. The number of nitriles is 1.